The highest BCUT2D eigenvalue weighted by atomic mass is 35.5. The Hall–Kier alpha value is -2.80. The van der Waals surface area contributed by atoms with Gasteiger partial charge in [0.05, 0.1) is 16.5 Å². The third kappa shape index (κ3) is 5.15. The summed E-state index contributed by atoms with van der Waals surface area (Å²) in [5.41, 5.74) is 1.65. The molecule has 1 amide bonds. The molecular weight excluding hydrogens is 489 g/mol. The largest absolute Gasteiger partial charge is 0.384 e. The number of piperidine rings is 1. The molecule has 7 heteroatoms. The molecule has 0 saturated carbocycles. The van der Waals surface area contributed by atoms with E-state index in [1.807, 2.05) is 49.1 Å². The number of nitrogens with zero attached hydrogens (tertiary/aromatic N) is 3. The standard InChI is InChI=1S/C30H33ClFN3O2/c1-20-15-35(16-21(2)30(20,37)23-8-11-25(32)12-9-23)29(36)27-19-34(17-22-6-4-3-5-7-22)18-26(27)28-13-10-24(31)14-33-28/h3-14,20-21,26-27,37H,15-19H2,1-2H3/t20?,21?,26-,27-,30?/m1/s1. The fourth-order valence-electron chi connectivity index (χ4n) is 6.21. The summed E-state index contributed by atoms with van der Waals surface area (Å²) in [6.45, 7) is 6.95. The Labute approximate surface area is 222 Å². The van der Waals surface area contributed by atoms with E-state index in [1.165, 1.54) is 17.7 Å². The molecule has 2 aliphatic rings. The molecule has 194 valence electrons. The third-order valence-corrected chi connectivity index (χ3v) is 8.42. The number of hydrogen-bond donors (Lipinski definition) is 1. The van der Waals surface area contributed by atoms with E-state index >= 15 is 0 Å². The molecule has 0 spiro atoms. The molecule has 3 heterocycles. The van der Waals surface area contributed by atoms with Crippen LogP contribution < -0.4 is 0 Å². The maximum atomic E-state index is 14.0. The molecular formula is C30H33ClFN3O2. The Morgan fingerprint density at radius 3 is 2.30 bits per heavy atom. The summed E-state index contributed by atoms with van der Waals surface area (Å²) in [5.74, 6) is -0.939. The lowest BCUT2D eigenvalue weighted by molar-refractivity contribution is -0.152. The average molecular weight is 522 g/mol. The monoisotopic (exact) mass is 521 g/mol. The van der Waals surface area contributed by atoms with Gasteiger partial charge in [0.15, 0.2) is 0 Å². The van der Waals surface area contributed by atoms with E-state index in [0.29, 0.717) is 30.2 Å². The molecule has 2 aromatic carbocycles. The second-order valence-corrected chi connectivity index (χ2v) is 11.1. The summed E-state index contributed by atoms with van der Waals surface area (Å²) in [6, 6.07) is 20.1. The quantitative estimate of drug-likeness (QED) is 0.508. The van der Waals surface area contributed by atoms with E-state index < -0.39 is 5.60 Å². The van der Waals surface area contributed by atoms with Crippen molar-refractivity contribution in [3.8, 4) is 0 Å². The van der Waals surface area contributed by atoms with Gasteiger partial charge >= 0.3 is 0 Å². The molecule has 0 aliphatic carbocycles. The molecule has 2 fully saturated rings. The van der Waals surface area contributed by atoms with Crippen molar-refractivity contribution in [1.29, 1.82) is 0 Å². The minimum atomic E-state index is -1.13. The fraction of sp³-hybridized carbons (Fsp3) is 0.400. The zero-order valence-electron chi connectivity index (χ0n) is 21.2. The number of likely N-dealkylation sites (tertiary alicyclic amines) is 2. The first kappa shape index (κ1) is 25.8. The van der Waals surface area contributed by atoms with Crippen LogP contribution in [0.5, 0.6) is 0 Å². The fourth-order valence-corrected chi connectivity index (χ4v) is 6.32. The van der Waals surface area contributed by atoms with Crippen LogP contribution in [0.2, 0.25) is 5.02 Å². The maximum absolute atomic E-state index is 14.0. The van der Waals surface area contributed by atoms with Crippen LogP contribution in [0.15, 0.2) is 72.9 Å². The van der Waals surface area contributed by atoms with E-state index in [0.717, 1.165) is 18.8 Å². The van der Waals surface area contributed by atoms with Crippen LogP contribution in [0.3, 0.4) is 0 Å². The summed E-state index contributed by atoms with van der Waals surface area (Å²) < 4.78 is 13.5. The van der Waals surface area contributed by atoms with Gasteiger partial charge in [0, 0.05) is 62.4 Å². The topological polar surface area (TPSA) is 56.7 Å². The average Bonchev–Trinajstić information content (AvgIpc) is 3.31. The highest BCUT2D eigenvalue weighted by Crippen LogP contribution is 2.43. The van der Waals surface area contributed by atoms with Gasteiger partial charge in [-0.15, -0.1) is 0 Å². The van der Waals surface area contributed by atoms with Gasteiger partial charge in [-0.25, -0.2) is 4.39 Å². The van der Waals surface area contributed by atoms with Crippen molar-refractivity contribution >= 4 is 17.5 Å². The maximum Gasteiger partial charge on any atom is 0.227 e. The van der Waals surface area contributed by atoms with Crippen molar-refractivity contribution in [3.63, 3.8) is 0 Å². The molecule has 1 aromatic heterocycles. The van der Waals surface area contributed by atoms with Gasteiger partial charge in [0.1, 0.15) is 5.82 Å². The summed E-state index contributed by atoms with van der Waals surface area (Å²) in [5, 5.41) is 12.3. The van der Waals surface area contributed by atoms with Gasteiger partial charge < -0.3 is 10.0 Å². The van der Waals surface area contributed by atoms with Crippen molar-refractivity contribution in [3.05, 3.63) is 101 Å². The number of halogens is 2. The van der Waals surface area contributed by atoms with Crippen molar-refractivity contribution in [2.45, 2.75) is 31.9 Å². The Morgan fingerprint density at radius 1 is 1.00 bits per heavy atom. The van der Waals surface area contributed by atoms with Gasteiger partial charge in [-0.05, 0) is 35.4 Å². The highest BCUT2D eigenvalue weighted by molar-refractivity contribution is 6.30. The molecule has 37 heavy (non-hydrogen) atoms. The van der Waals surface area contributed by atoms with Crippen LogP contribution in [0.25, 0.3) is 0 Å². The van der Waals surface area contributed by atoms with E-state index in [-0.39, 0.29) is 35.4 Å². The second-order valence-electron chi connectivity index (χ2n) is 10.7. The third-order valence-electron chi connectivity index (χ3n) is 8.20. The first-order valence-electron chi connectivity index (χ1n) is 12.9. The molecule has 1 N–H and O–H groups in total. The van der Waals surface area contributed by atoms with Crippen LogP contribution in [-0.4, -0.2) is 52.0 Å². The van der Waals surface area contributed by atoms with Crippen molar-refractivity contribution in [2.24, 2.45) is 17.8 Å². The Morgan fingerprint density at radius 2 is 1.68 bits per heavy atom. The van der Waals surface area contributed by atoms with Crippen LogP contribution in [-0.2, 0) is 16.9 Å². The number of carbonyl (C=O) groups excluding carboxylic acids is 1. The van der Waals surface area contributed by atoms with Crippen LogP contribution >= 0.6 is 11.6 Å². The summed E-state index contributed by atoms with van der Waals surface area (Å²) in [4.78, 5) is 22.9. The summed E-state index contributed by atoms with van der Waals surface area (Å²) in [6.07, 6.45) is 1.64. The molecule has 2 unspecified atom stereocenters. The zero-order chi connectivity index (χ0) is 26.2. The van der Waals surface area contributed by atoms with Crippen LogP contribution in [0, 0.1) is 23.6 Å². The summed E-state index contributed by atoms with van der Waals surface area (Å²) in [7, 11) is 0. The zero-order valence-corrected chi connectivity index (χ0v) is 22.0. The highest BCUT2D eigenvalue weighted by Gasteiger charge is 2.49. The van der Waals surface area contributed by atoms with Crippen molar-refractivity contribution in [2.75, 3.05) is 26.2 Å². The number of carbonyl (C=O) groups is 1. The number of aliphatic hydroxyl groups is 1. The number of hydrogen-bond acceptors (Lipinski definition) is 4. The molecule has 0 bridgehead atoms. The molecule has 5 nitrogen and oxygen atoms in total. The number of amides is 1. The molecule has 2 saturated heterocycles. The Kier molecular flexibility index (Phi) is 7.35. The SMILES string of the molecule is CC1CN(C(=O)[C@@H]2CN(Cc3ccccc3)C[C@H]2c2ccc(Cl)cn2)CC(C)C1(O)c1ccc(F)cc1. The second kappa shape index (κ2) is 10.5. The van der Waals surface area contributed by atoms with Crippen molar-refractivity contribution < 1.29 is 14.3 Å². The lowest BCUT2D eigenvalue weighted by Gasteiger charge is -2.48. The van der Waals surface area contributed by atoms with E-state index in [1.54, 1.807) is 18.3 Å². The van der Waals surface area contributed by atoms with Crippen LogP contribution in [0.4, 0.5) is 4.39 Å². The lowest BCUT2D eigenvalue weighted by Crippen LogP contribution is -2.57. The van der Waals surface area contributed by atoms with E-state index in [4.69, 9.17) is 11.6 Å². The number of benzene rings is 2. The first-order chi connectivity index (χ1) is 17.8. The molecule has 4 atom stereocenters. The number of rotatable bonds is 5. The Bertz CT molecular complexity index is 1210. The minimum absolute atomic E-state index is 0.0444. The normalized spacial score (nSPS) is 28.4. The smallest absolute Gasteiger partial charge is 0.227 e. The minimum Gasteiger partial charge on any atom is -0.384 e. The summed E-state index contributed by atoms with van der Waals surface area (Å²) >= 11 is 6.10. The van der Waals surface area contributed by atoms with Gasteiger partial charge in [-0.2, -0.15) is 0 Å². The van der Waals surface area contributed by atoms with E-state index in [2.05, 4.69) is 22.0 Å². The van der Waals surface area contributed by atoms with E-state index in [9.17, 15) is 14.3 Å². The van der Waals surface area contributed by atoms with Crippen molar-refractivity contribution in [1.82, 2.24) is 14.8 Å². The number of aromatic nitrogens is 1. The molecule has 5 rings (SSSR count). The van der Waals surface area contributed by atoms with Gasteiger partial charge in [-0.1, -0.05) is 67.9 Å². The predicted octanol–water partition coefficient (Wildman–Crippen LogP) is 5.09. The Balaban J connectivity index is 1.37. The molecule has 2 aliphatic heterocycles. The van der Waals surface area contributed by atoms with Crippen LogP contribution in [0.1, 0.15) is 36.6 Å². The van der Waals surface area contributed by atoms with Gasteiger partial charge in [0.2, 0.25) is 5.91 Å². The van der Waals surface area contributed by atoms with Gasteiger partial charge in [-0.3, -0.25) is 14.7 Å². The lowest BCUT2D eigenvalue weighted by atomic mass is 9.70. The molecule has 0 radical (unpaired) electrons. The van der Waals surface area contributed by atoms with Gasteiger partial charge in [0.25, 0.3) is 0 Å². The first-order valence-corrected chi connectivity index (χ1v) is 13.3. The predicted molar refractivity (Wildman–Crippen MR) is 142 cm³/mol. The molecule has 3 aromatic rings. The number of pyridine rings is 1.